The highest BCUT2D eigenvalue weighted by Crippen LogP contribution is 2.26. The lowest BCUT2D eigenvalue weighted by Crippen LogP contribution is -2.30. The predicted molar refractivity (Wildman–Crippen MR) is 94.4 cm³/mol. The van der Waals surface area contributed by atoms with Gasteiger partial charge in [-0.15, -0.1) is 0 Å². The van der Waals surface area contributed by atoms with Crippen molar-refractivity contribution in [3.8, 4) is 17.0 Å². The number of aryl methyl sites for hydroxylation is 1. The molecule has 6 nitrogen and oxygen atoms in total. The fourth-order valence-electron chi connectivity index (χ4n) is 2.70. The van der Waals surface area contributed by atoms with Gasteiger partial charge in [-0.3, -0.25) is 9.89 Å². The molecule has 0 bridgehead atoms. The summed E-state index contributed by atoms with van der Waals surface area (Å²) in [6.45, 7) is 4.82. The zero-order chi connectivity index (χ0) is 17.8. The van der Waals surface area contributed by atoms with Crippen molar-refractivity contribution in [1.82, 2.24) is 15.1 Å². The van der Waals surface area contributed by atoms with Crippen LogP contribution in [0.5, 0.6) is 5.75 Å². The van der Waals surface area contributed by atoms with E-state index in [1.807, 2.05) is 50.2 Å². The van der Waals surface area contributed by atoms with Crippen LogP contribution in [0, 0.1) is 6.92 Å². The molecule has 0 spiro atoms. The number of nitrogens with zero attached hydrogens (tertiary/aromatic N) is 2. The number of furan rings is 1. The second-order valence-electron chi connectivity index (χ2n) is 5.72. The Morgan fingerprint density at radius 2 is 2.16 bits per heavy atom. The van der Waals surface area contributed by atoms with E-state index in [2.05, 4.69) is 10.2 Å². The molecule has 1 amide bonds. The van der Waals surface area contributed by atoms with E-state index < -0.39 is 0 Å². The highest BCUT2D eigenvalue weighted by atomic mass is 16.5. The molecule has 2 aromatic heterocycles. The van der Waals surface area contributed by atoms with Gasteiger partial charge < -0.3 is 14.1 Å². The number of aromatic amines is 1. The Balaban J connectivity index is 1.88. The number of nitrogens with one attached hydrogen (secondary N) is 1. The van der Waals surface area contributed by atoms with Gasteiger partial charge in [0, 0.05) is 12.1 Å². The zero-order valence-corrected chi connectivity index (χ0v) is 14.6. The van der Waals surface area contributed by atoms with Crippen LogP contribution < -0.4 is 4.74 Å². The van der Waals surface area contributed by atoms with Crippen LogP contribution in [0.1, 0.15) is 28.8 Å². The molecular formula is C19H21N3O3. The summed E-state index contributed by atoms with van der Waals surface area (Å²) in [5.41, 5.74) is 2.06. The van der Waals surface area contributed by atoms with E-state index in [1.54, 1.807) is 18.2 Å². The lowest BCUT2D eigenvalue weighted by atomic mass is 10.1. The summed E-state index contributed by atoms with van der Waals surface area (Å²) >= 11 is 0. The number of benzene rings is 1. The molecule has 0 aliphatic carbocycles. The second-order valence-corrected chi connectivity index (χ2v) is 5.72. The van der Waals surface area contributed by atoms with E-state index in [-0.39, 0.29) is 5.91 Å². The van der Waals surface area contributed by atoms with Gasteiger partial charge in [-0.05, 0) is 38.1 Å². The van der Waals surface area contributed by atoms with Crippen molar-refractivity contribution in [1.29, 1.82) is 0 Å². The number of H-pyrrole nitrogens is 1. The largest absolute Gasteiger partial charge is 0.497 e. The maximum absolute atomic E-state index is 13.0. The molecule has 2 heterocycles. The van der Waals surface area contributed by atoms with Gasteiger partial charge in [0.15, 0.2) is 0 Å². The molecule has 3 rings (SSSR count). The van der Waals surface area contributed by atoms with E-state index in [0.29, 0.717) is 24.3 Å². The fraction of sp³-hybridized carbons (Fsp3) is 0.263. The van der Waals surface area contributed by atoms with Gasteiger partial charge >= 0.3 is 0 Å². The fourth-order valence-corrected chi connectivity index (χ4v) is 2.70. The average molecular weight is 339 g/mol. The number of ether oxygens (including phenoxy) is 1. The maximum atomic E-state index is 13.0. The van der Waals surface area contributed by atoms with Crippen molar-refractivity contribution >= 4 is 5.91 Å². The molecule has 0 saturated carbocycles. The molecule has 130 valence electrons. The van der Waals surface area contributed by atoms with Crippen LogP contribution in [0.15, 0.2) is 47.0 Å². The highest BCUT2D eigenvalue weighted by Gasteiger charge is 2.21. The van der Waals surface area contributed by atoms with Gasteiger partial charge in [0.05, 0.1) is 31.1 Å². The molecule has 1 N–H and O–H groups in total. The summed E-state index contributed by atoms with van der Waals surface area (Å²) in [4.78, 5) is 14.7. The number of carbonyl (C=O) groups is 1. The minimum atomic E-state index is -0.0943. The third kappa shape index (κ3) is 3.57. The van der Waals surface area contributed by atoms with Crippen molar-refractivity contribution in [3.05, 3.63) is 59.7 Å². The zero-order valence-electron chi connectivity index (χ0n) is 14.6. The summed E-state index contributed by atoms with van der Waals surface area (Å²) in [5, 5.41) is 6.99. The molecule has 0 aliphatic rings. The molecule has 0 fully saturated rings. The van der Waals surface area contributed by atoms with E-state index in [0.717, 1.165) is 22.8 Å². The Morgan fingerprint density at radius 3 is 2.84 bits per heavy atom. The van der Waals surface area contributed by atoms with Crippen LogP contribution in [-0.2, 0) is 6.54 Å². The van der Waals surface area contributed by atoms with Crippen molar-refractivity contribution in [2.45, 2.75) is 20.4 Å². The molecule has 0 unspecified atom stereocenters. The first kappa shape index (κ1) is 16.8. The minimum absolute atomic E-state index is 0.0943. The Hall–Kier alpha value is -3.02. The number of amides is 1. The topological polar surface area (TPSA) is 71.4 Å². The lowest BCUT2D eigenvalue weighted by Gasteiger charge is -2.19. The summed E-state index contributed by atoms with van der Waals surface area (Å²) in [5.74, 6) is 2.23. The number of carbonyl (C=O) groups excluding carboxylic acids is 1. The van der Waals surface area contributed by atoms with Gasteiger partial charge in [-0.25, -0.2) is 0 Å². The Labute approximate surface area is 146 Å². The average Bonchev–Trinajstić information content (AvgIpc) is 3.28. The molecule has 0 saturated heterocycles. The van der Waals surface area contributed by atoms with Crippen molar-refractivity contribution < 1.29 is 13.9 Å². The van der Waals surface area contributed by atoms with Gasteiger partial charge in [-0.1, -0.05) is 12.1 Å². The number of rotatable bonds is 6. The number of aromatic nitrogens is 2. The first-order chi connectivity index (χ1) is 12.1. The van der Waals surface area contributed by atoms with E-state index >= 15 is 0 Å². The van der Waals surface area contributed by atoms with Gasteiger partial charge in [0.25, 0.3) is 5.91 Å². The standard InChI is InChI=1S/C19H21N3O3/c1-4-22(12-16-9-8-13(2)25-16)19(23)17-11-20-21-18(17)14-6-5-7-15(10-14)24-3/h5-11H,4,12H2,1-3H3,(H,20,21). The van der Waals surface area contributed by atoms with E-state index in [1.165, 1.54) is 0 Å². The molecule has 3 aromatic rings. The van der Waals surface area contributed by atoms with Gasteiger partial charge in [0.1, 0.15) is 17.3 Å². The Morgan fingerprint density at radius 1 is 1.32 bits per heavy atom. The highest BCUT2D eigenvalue weighted by molar-refractivity contribution is 5.99. The van der Waals surface area contributed by atoms with Crippen LogP contribution in [0.25, 0.3) is 11.3 Å². The van der Waals surface area contributed by atoms with Crippen LogP contribution in [0.4, 0.5) is 0 Å². The smallest absolute Gasteiger partial charge is 0.258 e. The quantitative estimate of drug-likeness (QED) is 0.744. The first-order valence-corrected chi connectivity index (χ1v) is 8.14. The monoisotopic (exact) mass is 339 g/mol. The Bertz CT molecular complexity index is 866. The molecule has 25 heavy (non-hydrogen) atoms. The van der Waals surface area contributed by atoms with E-state index in [9.17, 15) is 4.79 Å². The molecule has 0 atom stereocenters. The summed E-state index contributed by atoms with van der Waals surface area (Å²) < 4.78 is 10.9. The van der Waals surface area contributed by atoms with Crippen LogP contribution >= 0.6 is 0 Å². The summed E-state index contributed by atoms with van der Waals surface area (Å²) in [6, 6.07) is 11.3. The number of hydrogen-bond acceptors (Lipinski definition) is 4. The third-order valence-electron chi connectivity index (χ3n) is 4.04. The van der Waals surface area contributed by atoms with Crippen LogP contribution in [0.3, 0.4) is 0 Å². The predicted octanol–water partition coefficient (Wildman–Crippen LogP) is 3.65. The summed E-state index contributed by atoms with van der Waals surface area (Å²) in [6.07, 6.45) is 1.56. The SMILES string of the molecule is CCN(Cc1ccc(C)o1)C(=O)c1cn[nH]c1-c1cccc(OC)c1. The third-order valence-corrected chi connectivity index (χ3v) is 4.04. The second kappa shape index (κ2) is 7.25. The van der Waals surface area contributed by atoms with Gasteiger partial charge in [0.2, 0.25) is 0 Å². The molecule has 6 heteroatoms. The van der Waals surface area contributed by atoms with Crippen LogP contribution in [0.2, 0.25) is 0 Å². The number of methoxy groups -OCH3 is 1. The van der Waals surface area contributed by atoms with Crippen LogP contribution in [-0.4, -0.2) is 34.7 Å². The maximum Gasteiger partial charge on any atom is 0.258 e. The molecule has 1 aromatic carbocycles. The number of hydrogen-bond donors (Lipinski definition) is 1. The van der Waals surface area contributed by atoms with Crippen molar-refractivity contribution in [2.24, 2.45) is 0 Å². The van der Waals surface area contributed by atoms with E-state index in [4.69, 9.17) is 9.15 Å². The molecule has 0 aliphatic heterocycles. The first-order valence-electron chi connectivity index (χ1n) is 8.14. The van der Waals surface area contributed by atoms with Crippen molar-refractivity contribution in [3.63, 3.8) is 0 Å². The Kier molecular flexibility index (Phi) is 4.88. The minimum Gasteiger partial charge on any atom is -0.497 e. The molecular weight excluding hydrogens is 318 g/mol. The van der Waals surface area contributed by atoms with Crippen molar-refractivity contribution in [2.75, 3.05) is 13.7 Å². The molecule has 0 radical (unpaired) electrons. The normalized spacial score (nSPS) is 10.7. The lowest BCUT2D eigenvalue weighted by molar-refractivity contribution is 0.0741. The summed E-state index contributed by atoms with van der Waals surface area (Å²) in [7, 11) is 1.61. The van der Waals surface area contributed by atoms with Gasteiger partial charge in [-0.2, -0.15) is 5.10 Å².